The lowest BCUT2D eigenvalue weighted by atomic mass is 9.83. The topological polar surface area (TPSA) is 122 Å². The monoisotopic (exact) mass is 490 g/mol. The summed E-state index contributed by atoms with van der Waals surface area (Å²) in [6.45, 7) is 8.82. The highest BCUT2D eigenvalue weighted by Gasteiger charge is 2.39. The molecule has 1 aromatic rings. The first kappa shape index (κ1) is 26.3. The van der Waals surface area contributed by atoms with E-state index < -0.39 is 10.3 Å². The highest BCUT2D eigenvalue weighted by Crippen LogP contribution is 2.47. The van der Waals surface area contributed by atoms with E-state index in [2.05, 4.69) is 36.0 Å². The number of nitro groups is 1. The van der Waals surface area contributed by atoms with Gasteiger partial charge in [-0.2, -0.15) is 0 Å². The molecule has 0 saturated heterocycles. The van der Waals surface area contributed by atoms with E-state index in [1.165, 1.54) is 24.3 Å². The SMILES string of the molecule is C=CC(=O)NCCCNC(=O)CCN1/C(=C/C=C2\C=C([N+](=O)[O-])C=CC2=O)C(C)(C)c2ccccc21. The third kappa shape index (κ3) is 6.04. The lowest BCUT2D eigenvalue weighted by molar-refractivity contribution is -0.419. The number of para-hydroxylation sites is 1. The van der Waals surface area contributed by atoms with Crippen molar-refractivity contribution in [1.82, 2.24) is 10.6 Å². The summed E-state index contributed by atoms with van der Waals surface area (Å²) >= 11 is 0. The number of hydrogen-bond acceptors (Lipinski definition) is 6. The second-order valence-electron chi connectivity index (χ2n) is 8.94. The van der Waals surface area contributed by atoms with Crippen LogP contribution in [0.25, 0.3) is 0 Å². The van der Waals surface area contributed by atoms with E-state index in [1.54, 1.807) is 12.2 Å². The fraction of sp³-hybridized carbons (Fsp3) is 0.296. The average molecular weight is 491 g/mol. The number of allylic oxidation sites excluding steroid dienone is 7. The maximum absolute atomic E-state index is 12.5. The van der Waals surface area contributed by atoms with Gasteiger partial charge in [0.25, 0.3) is 5.70 Å². The number of carbonyl (C=O) groups is 3. The van der Waals surface area contributed by atoms with Gasteiger partial charge in [-0.05, 0) is 42.4 Å². The molecular formula is C27H30N4O5. The van der Waals surface area contributed by atoms with Crippen LogP contribution in [0.2, 0.25) is 0 Å². The van der Waals surface area contributed by atoms with E-state index in [1.807, 2.05) is 24.3 Å². The van der Waals surface area contributed by atoms with Gasteiger partial charge in [-0.15, -0.1) is 0 Å². The zero-order valence-electron chi connectivity index (χ0n) is 20.5. The summed E-state index contributed by atoms with van der Waals surface area (Å²) in [5.74, 6) is -0.668. The van der Waals surface area contributed by atoms with Gasteiger partial charge in [-0.25, -0.2) is 0 Å². The Morgan fingerprint density at radius 3 is 2.58 bits per heavy atom. The van der Waals surface area contributed by atoms with Crippen molar-refractivity contribution >= 4 is 23.3 Å². The van der Waals surface area contributed by atoms with Crippen LogP contribution < -0.4 is 15.5 Å². The third-order valence-corrected chi connectivity index (χ3v) is 6.15. The number of nitrogens with zero attached hydrogens (tertiary/aromatic N) is 2. The number of fused-ring (bicyclic) bond motifs is 1. The van der Waals surface area contributed by atoms with Crippen molar-refractivity contribution in [3.05, 3.63) is 99.9 Å². The van der Waals surface area contributed by atoms with E-state index in [0.29, 0.717) is 26.1 Å². The highest BCUT2D eigenvalue weighted by atomic mass is 16.6. The van der Waals surface area contributed by atoms with E-state index in [0.717, 1.165) is 16.9 Å². The normalized spacial score (nSPS) is 18.1. The molecule has 1 aromatic carbocycles. The van der Waals surface area contributed by atoms with Crippen LogP contribution in [0, 0.1) is 10.1 Å². The Balaban J connectivity index is 1.75. The minimum Gasteiger partial charge on any atom is -0.356 e. The smallest absolute Gasteiger partial charge is 0.270 e. The molecule has 0 fully saturated rings. The van der Waals surface area contributed by atoms with Crippen LogP contribution in [-0.2, 0) is 19.8 Å². The molecule has 188 valence electrons. The maximum Gasteiger partial charge on any atom is 0.270 e. The van der Waals surface area contributed by atoms with Gasteiger partial charge in [0.05, 0.1) is 4.92 Å². The van der Waals surface area contributed by atoms with Crippen LogP contribution in [-0.4, -0.2) is 42.2 Å². The Labute approximate surface area is 210 Å². The average Bonchev–Trinajstić information content (AvgIpc) is 3.07. The summed E-state index contributed by atoms with van der Waals surface area (Å²) in [6.07, 6.45) is 9.11. The summed E-state index contributed by atoms with van der Waals surface area (Å²) < 4.78 is 0. The van der Waals surface area contributed by atoms with E-state index in [9.17, 15) is 24.5 Å². The lowest BCUT2D eigenvalue weighted by Gasteiger charge is -2.27. The maximum atomic E-state index is 12.5. The Bertz CT molecular complexity index is 1210. The van der Waals surface area contributed by atoms with Crippen molar-refractivity contribution in [3.63, 3.8) is 0 Å². The second-order valence-corrected chi connectivity index (χ2v) is 8.94. The Morgan fingerprint density at radius 2 is 1.86 bits per heavy atom. The Hall–Kier alpha value is -4.27. The summed E-state index contributed by atoms with van der Waals surface area (Å²) in [5.41, 5.74) is 2.62. The van der Waals surface area contributed by atoms with Gasteiger partial charge in [-0.1, -0.05) is 38.6 Å². The molecule has 9 heteroatoms. The number of ketones is 1. The van der Waals surface area contributed by atoms with Crippen molar-refractivity contribution in [2.24, 2.45) is 0 Å². The van der Waals surface area contributed by atoms with Gasteiger partial charge in [0.1, 0.15) is 0 Å². The largest absolute Gasteiger partial charge is 0.356 e. The summed E-state index contributed by atoms with van der Waals surface area (Å²) in [6, 6.07) is 7.92. The number of carbonyl (C=O) groups excluding carboxylic acids is 3. The zero-order chi connectivity index (χ0) is 26.3. The van der Waals surface area contributed by atoms with Gasteiger partial charge >= 0.3 is 0 Å². The van der Waals surface area contributed by atoms with Gasteiger partial charge in [0.15, 0.2) is 5.78 Å². The molecule has 2 aliphatic rings. The number of benzene rings is 1. The molecule has 0 spiro atoms. The van der Waals surface area contributed by atoms with Crippen LogP contribution in [0.15, 0.2) is 84.3 Å². The first-order valence-corrected chi connectivity index (χ1v) is 11.7. The van der Waals surface area contributed by atoms with Crippen LogP contribution >= 0.6 is 0 Å². The molecule has 1 heterocycles. The van der Waals surface area contributed by atoms with E-state index in [4.69, 9.17) is 0 Å². The molecule has 0 radical (unpaired) electrons. The van der Waals surface area contributed by atoms with E-state index in [-0.39, 0.29) is 35.3 Å². The van der Waals surface area contributed by atoms with Gasteiger partial charge in [-0.3, -0.25) is 24.5 Å². The second kappa shape index (κ2) is 11.4. The first-order valence-electron chi connectivity index (χ1n) is 11.7. The van der Waals surface area contributed by atoms with Crippen LogP contribution in [0.5, 0.6) is 0 Å². The van der Waals surface area contributed by atoms with E-state index >= 15 is 0 Å². The lowest BCUT2D eigenvalue weighted by Crippen LogP contribution is -2.33. The molecule has 36 heavy (non-hydrogen) atoms. The fourth-order valence-electron chi connectivity index (χ4n) is 4.23. The first-order chi connectivity index (χ1) is 17.1. The molecule has 3 rings (SSSR count). The van der Waals surface area contributed by atoms with Crippen molar-refractivity contribution in [3.8, 4) is 0 Å². The number of hydrogen-bond donors (Lipinski definition) is 2. The fourth-order valence-corrected chi connectivity index (χ4v) is 4.23. The Morgan fingerprint density at radius 1 is 1.14 bits per heavy atom. The molecular weight excluding hydrogens is 460 g/mol. The quantitative estimate of drug-likeness (QED) is 0.225. The van der Waals surface area contributed by atoms with Gasteiger partial charge in [0.2, 0.25) is 11.8 Å². The molecule has 0 unspecified atom stereocenters. The van der Waals surface area contributed by atoms with Crippen molar-refractivity contribution in [1.29, 1.82) is 0 Å². The predicted molar refractivity (Wildman–Crippen MR) is 138 cm³/mol. The minimum atomic E-state index is -0.530. The number of rotatable bonds is 10. The molecule has 0 aromatic heterocycles. The number of anilines is 1. The van der Waals surface area contributed by atoms with Crippen LogP contribution in [0.4, 0.5) is 5.69 Å². The number of amides is 2. The standard InChI is InChI=1S/C27H30N4O5/c1-4-25(33)28-15-7-16-29-26(34)14-17-30-22-9-6-5-8-21(22)27(2,3)24(30)13-10-19-18-20(31(35)36)11-12-23(19)32/h4-6,8-13,18H,1,7,14-17H2,2-3H3,(H,28,33)(H,29,34)/b19-10+,24-13+. The summed E-state index contributed by atoms with van der Waals surface area (Å²) in [7, 11) is 0. The molecule has 1 aliphatic heterocycles. The van der Waals surface area contributed by atoms with Gasteiger partial charge < -0.3 is 15.5 Å². The molecule has 2 N–H and O–H groups in total. The molecule has 2 amide bonds. The highest BCUT2D eigenvalue weighted by molar-refractivity contribution is 6.07. The third-order valence-electron chi connectivity index (χ3n) is 6.15. The molecule has 0 atom stereocenters. The molecule has 9 nitrogen and oxygen atoms in total. The van der Waals surface area contributed by atoms with Gasteiger partial charge in [0, 0.05) is 60.6 Å². The molecule has 0 bridgehead atoms. The minimum absolute atomic E-state index is 0.115. The van der Waals surface area contributed by atoms with Crippen molar-refractivity contribution in [2.75, 3.05) is 24.5 Å². The zero-order valence-corrected chi connectivity index (χ0v) is 20.5. The van der Waals surface area contributed by atoms with Crippen molar-refractivity contribution < 1.29 is 19.3 Å². The summed E-state index contributed by atoms with van der Waals surface area (Å²) in [4.78, 5) is 48.6. The van der Waals surface area contributed by atoms with Crippen molar-refractivity contribution in [2.45, 2.75) is 32.1 Å². The Kier molecular flexibility index (Phi) is 8.37. The number of nitrogens with one attached hydrogen (secondary N) is 2. The summed E-state index contributed by atoms with van der Waals surface area (Å²) in [5, 5.41) is 16.7. The molecule has 1 aliphatic carbocycles. The van der Waals surface area contributed by atoms with Crippen LogP contribution in [0.3, 0.4) is 0 Å². The molecule has 0 saturated carbocycles. The van der Waals surface area contributed by atoms with Crippen LogP contribution in [0.1, 0.15) is 32.3 Å². The predicted octanol–water partition coefficient (Wildman–Crippen LogP) is 3.09.